The van der Waals surface area contributed by atoms with E-state index in [9.17, 15) is 15.2 Å². The summed E-state index contributed by atoms with van der Waals surface area (Å²) < 4.78 is 6.38. The second kappa shape index (κ2) is 11.3. The van der Waals surface area contributed by atoms with Crippen molar-refractivity contribution in [3.63, 3.8) is 0 Å². The first-order valence-corrected chi connectivity index (χ1v) is 11.1. The van der Waals surface area contributed by atoms with Crippen LogP contribution in [0.3, 0.4) is 0 Å². The fraction of sp³-hybridized carbons (Fsp3) is 0.538. The Kier molecular flexibility index (Phi) is 9.91. The minimum absolute atomic E-state index is 0. The van der Waals surface area contributed by atoms with Crippen LogP contribution in [0.2, 0.25) is 0 Å². The monoisotopic (exact) mass is 478 g/mol. The zero-order valence-electron chi connectivity index (χ0n) is 21.0. The topological polar surface area (TPSA) is 72.6 Å². The molecule has 0 bridgehead atoms. The molecule has 1 N–H and O–H groups in total. The number of ether oxygens (including phenoxy) is 1. The highest BCUT2D eigenvalue weighted by Gasteiger charge is 2.27. The number of benzene rings is 2. The van der Waals surface area contributed by atoms with Crippen LogP contribution >= 0.6 is 0 Å². The number of quaternary nitrogens is 1. The molecule has 0 aliphatic rings. The first kappa shape index (κ1) is 28.9. The Balaban J connectivity index is 0.00000544. The Labute approximate surface area is 204 Å². The van der Waals surface area contributed by atoms with Gasteiger partial charge in [-0.2, -0.15) is 0 Å². The molecule has 2 aromatic rings. The number of halogens is 1. The number of hydrogen-bond donors (Lipinski definition) is 1. The lowest BCUT2D eigenvalue weighted by Crippen LogP contribution is -3.00. The molecular formula is C26H39ClN2O4. The molecule has 7 heteroatoms. The summed E-state index contributed by atoms with van der Waals surface area (Å²) in [4.78, 5) is 10.4. The molecular weight excluding hydrogens is 440 g/mol. The van der Waals surface area contributed by atoms with Crippen molar-refractivity contribution in [2.24, 2.45) is 5.41 Å². The van der Waals surface area contributed by atoms with Gasteiger partial charge in [0.2, 0.25) is 0 Å². The molecule has 0 aliphatic carbocycles. The zero-order valence-corrected chi connectivity index (χ0v) is 21.7. The van der Waals surface area contributed by atoms with Gasteiger partial charge in [-0.3, -0.25) is 10.1 Å². The first-order chi connectivity index (χ1) is 14.7. The number of non-ortho nitro benzene ring substituents is 1. The van der Waals surface area contributed by atoms with Crippen LogP contribution < -0.4 is 17.1 Å². The van der Waals surface area contributed by atoms with Gasteiger partial charge in [-0.25, -0.2) is 0 Å². The third kappa shape index (κ3) is 9.70. The maximum Gasteiger partial charge on any atom is 0.269 e. The van der Waals surface area contributed by atoms with E-state index in [1.807, 2.05) is 26.2 Å². The Morgan fingerprint density at radius 2 is 1.55 bits per heavy atom. The van der Waals surface area contributed by atoms with Gasteiger partial charge in [0.25, 0.3) is 5.69 Å². The molecule has 33 heavy (non-hydrogen) atoms. The molecule has 0 saturated carbocycles. The van der Waals surface area contributed by atoms with E-state index in [0.29, 0.717) is 17.6 Å². The summed E-state index contributed by atoms with van der Waals surface area (Å²) in [5.74, 6) is 0.750. The van der Waals surface area contributed by atoms with E-state index in [2.05, 4.69) is 46.8 Å². The lowest BCUT2D eigenvalue weighted by Gasteiger charge is -2.33. The molecule has 0 aliphatic heterocycles. The van der Waals surface area contributed by atoms with Gasteiger partial charge < -0.3 is 26.7 Å². The molecule has 0 saturated heterocycles. The lowest BCUT2D eigenvalue weighted by atomic mass is 9.72. The fourth-order valence-corrected chi connectivity index (χ4v) is 4.53. The maximum absolute atomic E-state index is 10.8. The van der Waals surface area contributed by atoms with Gasteiger partial charge >= 0.3 is 0 Å². The average Bonchev–Trinajstić information content (AvgIpc) is 2.64. The predicted molar refractivity (Wildman–Crippen MR) is 129 cm³/mol. The molecule has 2 rings (SSSR count). The molecule has 1 unspecified atom stereocenters. The van der Waals surface area contributed by atoms with Crippen LogP contribution in [0.1, 0.15) is 52.2 Å². The molecule has 0 amide bonds. The van der Waals surface area contributed by atoms with Crippen LogP contribution in [0.25, 0.3) is 0 Å². The first-order valence-electron chi connectivity index (χ1n) is 11.1. The Morgan fingerprint density at radius 3 is 2.03 bits per heavy atom. The minimum atomic E-state index is -0.625. The van der Waals surface area contributed by atoms with Crippen LogP contribution in [-0.2, 0) is 12.0 Å². The van der Waals surface area contributed by atoms with Crippen molar-refractivity contribution in [1.29, 1.82) is 0 Å². The van der Waals surface area contributed by atoms with Gasteiger partial charge in [-0.15, -0.1) is 0 Å². The summed E-state index contributed by atoms with van der Waals surface area (Å²) >= 11 is 0. The van der Waals surface area contributed by atoms with E-state index < -0.39 is 11.0 Å². The summed E-state index contributed by atoms with van der Waals surface area (Å²) in [6.07, 6.45) is 0.459. The summed E-state index contributed by atoms with van der Waals surface area (Å²) in [7, 11) is 4.05. The Bertz CT molecular complexity index is 888. The fourth-order valence-electron chi connectivity index (χ4n) is 4.53. The summed E-state index contributed by atoms with van der Waals surface area (Å²) in [5.41, 5.74) is 2.68. The summed E-state index contributed by atoms with van der Waals surface area (Å²) in [6.45, 7) is 12.7. The van der Waals surface area contributed by atoms with Crippen molar-refractivity contribution < 1.29 is 31.7 Å². The second-order valence-electron chi connectivity index (χ2n) is 11.3. The standard InChI is InChI=1S/C26H39N2O4.ClH/c1-25(2,3)19-26(4,5)21-10-14-24(15-11-21)32-18-23(29)17-28(6,7)16-20-8-12-22(13-9-20)27(30)31;/h8-15,23,29H,16-19H2,1-7H3;1H/q+1;/p-1. The lowest BCUT2D eigenvalue weighted by molar-refractivity contribution is -0.906. The average molecular weight is 479 g/mol. The summed E-state index contributed by atoms with van der Waals surface area (Å²) in [5, 5.41) is 21.3. The number of nitro benzene ring substituents is 1. The third-order valence-electron chi connectivity index (χ3n) is 5.51. The van der Waals surface area contributed by atoms with Gasteiger partial charge in [-0.05, 0) is 47.1 Å². The van der Waals surface area contributed by atoms with Crippen molar-refractivity contribution >= 4 is 5.69 Å². The smallest absolute Gasteiger partial charge is 0.269 e. The number of nitro groups is 1. The molecule has 2 aromatic carbocycles. The molecule has 1 atom stereocenters. The Morgan fingerprint density at radius 1 is 1.00 bits per heavy atom. The van der Waals surface area contributed by atoms with E-state index in [4.69, 9.17) is 4.74 Å². The van der Waals surface area contributed by atoms with Crippen LogP contribution in [0.5, 0.6) is 5.75 Å². The van der Waals surface area contributed by atoms with Gasteiger partial charge in [0.15, 0.2) is 0 Å². The van der Waals surface area contributed by atoms with Gasteiger partial charge in [-0.1, -0.05) is 46.8 Å². The molecule has 0 heterocycles. The highest BCUT2D eigenvalue weighted by Crippen LogP contribution is 2.36. The van der Waals surface area contributed by atoms with Crippen molar-refractivity contribution in [2.45, 2.75) is 59.1 Å². The van der Waals surface area contributed by atoms with E-state index in [1.54, 1.807) is 12.1 Å². The number of aliphatic hydroxyl groups is 1. The Hall–Kier alpha value is -2.15. The SMILES string of the molecule is CC(C)(C)CC(C)(C)c1ccc(OCC(O)C[N+](C)(C)Cc2ccc([N+](=O)[O-])cc2)cc1.[Cl-]. The van der Waals surface area contributed by atoms with Gasteiger partial charge in [0.05, 0.1) is 19.0 Å². The van der Waals surface area contributed by atoms with Crippen LogP contribution in [0.4, 0.5) is 5.69 Å². The number of nitrogens with zero attached hydrogens (tertiary/aromatic N) is 2. The molecule has 0 radical (unpaired) electrons. The second-order valence-corrected chi connectivity index (χ2v) is 11.3. The highest BCUT2D eigenvalue weighted by molar-refractivity contribution is 5.33. The molecule has 184 valence electrons. The van der Waals surface area contributed by atoms with Crippen molar-refractivity contribution in [3.8, 4) is 5.75 Å². The third-order valence-corrected chi connectivity index (χ3v) is 5.51. The number of aliphatic hydroxyl groups excluding tert-OH is 1. The molecule has 0 aromatic heterocycles. The number of likely N-dealkylation sites (N-methyl/N-ethyl adjacent to an activating group) is 1. The highest BCUT2D eigenvalue weighted by atomic mass is 35.5. The zero-order chi connectivity index (χ0) is 24.2. The number of rotatable bonds is 10. The number of hydrogen-bond acceptors (Lipinski definition) is 4. The van der Waals surface area contributed by atoms with E-state index in [0.717, 1.165) is 17.7 Å². The normalized spacial score (nSPS) is 13.2. The maximum atomic E-state index is 10.8. The van der Waals surface area contributed by atoms with Gasteiger partial charge in [0, 0.05) is 17.7 Å². The van der Waals surface area contributed by atoms with Crippen molar-refractivity contribution in [1.82, 2.24) is 0 Å². The predicted octanol–water partition coefficient (Wildman–Crippen LogP) is 2.33. The largest absolute Gasteiger partial charge is 1.00 e. The van der Waals surface area contributed by atoms with E-state index in [1.165, 1.54) is 17.7 Å². The van der Waals surface area contributed by atoms with Crippen LogP contribution in [0.15, 0.2) is 48.5 Å². The molecule has 0 fully saturated rings. The van der Waals surface area contributed by atoms with E-state index >= 15 is 0 Å². The quantitative estimate of drug-likeness (QED) is 0.323. The minimum Gasteiger partial charge on any atom is -1.00 e. The van der Waals surface area contributed by atoms with Crippen LogP contribution in [-0.4, -0.2) is 47.9 Å². The molecule has 0 spiro atoms. The summed E-state index contributed by atoms with van der Waals surface area (Å²) in [6, 6.07) is 14.7. The van der Waals surface area contributed by atoms with E-state index in [-0.39, 0.29) is 35.5 Å². The van der Waals surface area contributed by atoms with Crippen molar-refractivity contribution in [2.75, 3.05) is 27.2 Å². The van der Waals surface area contributed by atoms with Gasteiger partial charge in [0.1, 0.15) is 31.5 Å². The van der Waals surface area contributed by atoms with Crippen molar-refractivity contribution in [3.05, 3.63) is 69.8 Å². The van der Waals surface area contributed by atoms with Crippen LogP contribution in [0, 0.1) is 15.5 Å². The molecule has 6 nitrogen and oxygen atoms in total.